The second-order valence-corrected chi connectivity index (χ2v) is 9.60. The van der Waals surface area contributed by atoms with Gasteiger partial charge in [0.25, 0.3) is 0 Å². The molecule has 2 N–H and O–H groups in total. The summed E-state index contributed by atoms with van der Waals surface area (Å²) >= 11 is 0. The fourth-order valence-corrected chi connectivity index (χ4v) is 4.94. The number of H-pyrrole nitrogens is 2. The number of fused-ring (bicyclic) bond motifs is 2. The van der Waals surface area contributed by atoms with Gasteiger partial charge in [-0.15, -0.1) is 0 Å². The Morgan fingerprint density at radius 1 is 0.966 bits per heavy atom. The number of piperazine rings is 1. The molecular weight excluding hydrogens is 386 g/mol. The van der Waals surface area contributed by atoms with E-state index in [2.05, 4.69) is 50.4 Å². The molecule has 7 nitrogen and oxygen atoms in total. The standard InChI is InChI=1S/C21H23N5O2S/c1-29(27,28)26-11-9-25(10-12-26)14-15-5-4-8-18-17(15)13-20(22-18)21-16-6-2-3-7-19(16)23-24-21/h2-8,13,22H,9-12,14H2,1H3,(H,23,24). The fraction of sp³-hybridized carbons (Fsp3) is 0.286. The van der Waals surface area contributed by atoms with Crippen LogP contribution in [0, 0.1) is 0 Å². The minimum Gasteiger partial charge on any atom is -0.353 e. The molecule has 8 heteroatoms. The van der Waals surface area contributed by atoms with Gasteiger partial charge < -0.3 is 4.98 Å². The van der Waals surface area contributed by atoms with Gasteiger partial charge in [0.05, 0.1) is 17.5 Å². The first kappa shape index (κ1) is 18.4. The van der Waals surface area contributed by atoms with Gasteiger partial charge in [-0.25, -0.2) is 8.42 Å². The number of hydrogen-bond donors (Lipinski definition) is 2. The molecule has 0 atom stereocenters. The van der Waals surface area contributed by atoms with Gasteiger partial charge in [-0.2, -0.15) is 9.40 Å². The normalized spacial score (nSPS) is 16.7. The van der Waals surface area contributed by atoms with Crippen molar-refractivity contribution in [1.82, 2.24) is 24.4 Å². The molecule has 2 aromatic carbocycles. The molecule has 1 fully saturated rings. The van der Waals surface area contributed by atoms with Gasteiger partial charge in [0.15, 0.2) is 0 Å². The van der Waals surface area contributed by atoms with Gasteiger partial charge in [0.1, 0.15) is 5.69 Å². The first-order valence-electron chi connectivity index (χ1n) is 9.70. The highest BCUT2D eigenvalue weighted by Crippen LogP contribution is 2.30. The van der Waals surface area contributed by atoms with Crippen molar-refractivity contribution in [3.63, 3.8) is 0 Å². The zero-order valence-corrected chi connectivity index (χ0v) is 17.0. The number of benzene rings is 2. The Morgan fingerprint density at radius 3 is 2.52 bits per heavy atom. The number of nitrogens with zero attached hydrogens (tertiary/aromatic N) is 3. The minimum absolute atomic E-state index is 0.548. The summed E-state index contributed by atoms with van der Waals surface area (Å²) in [5.74, 6) is 0. The lowest BCUT2D eigenvalue weighted by molar-refractivity contribution is 0.182. The molecule has 1 aliphatic rings. The molecule has 2 aromatic heterocycles. The summed E-state index contributed by atoms with van der Waals surface area (Å²) in [6, 6.07) is 16.6. The highest BCUT2D eigenvalue weighted by atomic mass is 32.2. The number of hydrogen-bond acceptors (Lipinski definition) is 4. The Hall–Kier alpha value is -2.68. The van der Waals surface area contributed by atoms with Crippen LogP contribution in [-0.4, -0.2) is 65.2 Å². The molecule has 0 spiro atoms. The van der Waals surface area contributed by atoms with E-state index in [1.54, 1.807) is 4.31 Å². The Balaban J connectivity index is 1.43. The van der Waals surface area contributed by atoms with E-state index in [-0.39, 0.29) is 0 Å². The maximum atomic E-state index is 11.7. The molecule has 150 valence electrons. The van der Waals surface area contributed by atoms with Crippen molar-refractivity contribution in [3.05, 3.63) is 54.1 Å². The molecular formula is C21H23N5O2S. The third-order valence-electron chi connectivity index (χ3n) is 5.67. The quantitative estimate of drug-likeness (QED) is 0.543. The zero-order chi connectivity index (χ0) is 20.0. The van der Waals surface area contributed by atoms with E-state index in [1.807, 2.05) is 18.2 Å². The predicted molar refractivity (Wildman–Crippen MR) is 115 cm³/mol. The van der Waals surface area contributed by atoms with E-state index in [9.17, 15) is 8.42 Å². The van der Waals surface area contributed by atoms with Crippen LogP contribution in [-0.2, 0) is 16.6 Å². The molecule has 0 bridgehead atoms. The highest BCUT2D eigenvalue weighted by Gasteiger charge is 2.23. The van der Waals surface area contributed by atoms with E-state index in [1.165, 1.54) is 17.2 Å². The van der Waals surface area contributed by atoms with Gasteiger partial charge in [-0.1, -0.05) is 30.3 Å². The Morgan fingerprint density at radius 2 is 1.72 bits per heavy atom. The number of aromatic amines is 2. The van der Waals surface area contributed by atoms with Crippen LogP contribution in [0.25, 0.3) is 33.2 Å². The summed E-state index contributed by atoms with van der Waals surface area (Å²) in [5, 5.41) is 9.88. The second-order valence-electron chi connectivity index (χ2n) is 7.62. The van der Waals surface area contributed by atoms with Crippen molar-refractivity contribution in [2.45, 2.75) is 6.54 Å². The molecule has 1 aliphatic heterocycles. The molecule has 5 rings (SSSR count). The number of para-hydroxylation sites is 1. The maximum absolute atomic E-state index is 11.7. The largest absolute Gasteiger partial charge is 0.353 e. The molecule has 0 unspecified atom stereocenters. The van der Waals surface area contributed by atoms with E-state index in [0.717, 1.165) is 47.4 Å². The Kier molecular flexibility index (Phi) is 4.42. The second kappa shape index (κ2) is 6.98. The van der Waals surface area contributed by atoms with Crippen LogP contribution in [0.1, 0.15) is 5.56 Å². The number of aromatic nitrogens is 3. The SMILES string of the molecule is CS(=O)(=O)N1CCN(Cc2cccc3[nH]c(-c4n[nH]c5ccccc45)cc23)CC1. The number of sulfonamides is 1. The fourth-order valence-electron chi connectivity index (χ4n) is 4.11. The van der Waals surface area contributed by atoms with E-state index < -0.39 is 10.0 Å². The lowest BCUT2D eigenvalue weighted by Gasteiger charge is -2.33. The zero-order valence-electron chi connectivity index (χ0n) is 16.2. The smallest absolute Gasteiger partial charge is 0.211 e. The van der Waals surface area contributed by atoms with Crippen molar-refractivity contribution >= 4 is 31.8 Å². The molecule has 3 heterocycles. The summed E-state index contributed by atoms with van der Waals surface area (Å²) in [7, 11) is -3.10. The molecule has 29 heavy (non-hydrogen) atoms. The molecule has 0 amide bonds. The van der Waals surface area contributed by atoms with E-state index >= 15 is 0 Å². The maximum Gasteiger partial charge on any atom is 0.211 e. The van der Waals surface area contributed by atoms with Gasteiger partial charge in [0, 0.05) is 49.0 Å². The van der Waals surface area contributed by atoms with Gasteiger partial charge in [-0.05, 0) is 23.8 Å². The number of nitrogens with one attached hydrogen (secondary N) is 2. The average Bonchev–Trinajstić information content (AvgIpc) is 3.32. The summed E-state index contributed by atoms with van der Waals surface area (Å²) in [6.45, 7) is 3.38. The van der Waals surface area contributed by atoms with Crippen LogP contribution < -0.4 is 0 Å². The summed E-state index contributed by atoms with van der Waals surface area (Å²) < 4.78 is 25.0. The van der Waals surface area contributed by atoms with Crippen molar-refractivity contribution in [2.75, 3.05) is 32.4 Å². The first-order chi connectivity index (χ1) is 14.0. The van der Waals surface area contributed by atoms with Crippen molar-refractivity contribution < 1.29 is 8.42 Å². The molecule has 0 aliphatic carbocycles. The van der Waals surface area contributed by atoms with Crippen LogP contribution in [0.4, 0.5) is 0 Å². The topological polar surface area (TPSA) is 85.1 Å². The summed E-state index contributed by atoms with van der Waals surface area (Å²) in [6.07, 6.45) is 1.28. The van der Waals surface area contributed by atoms with E-state index in [4.69, 9.17) is 0 Å². The van der Waals surface area contributed by atoms with Crippen LogP contribution >= 0.6 is 0 Å². The van der Waals surface area contributed by atoms with Crippen LogP contribution in [0.3, 0.4) is 0 Å². The summed E-state index contributed by atoms with van der Waals surface area (Å²) in [5.41, 5.74) is 5.25. The molecule has 0 saturated carbocycles. The monoisotopic (exact) mass is 409 g/mol. The van der Waals surface area contributed by atoms with Gasteiger partial charge in [-0.3, -0.25) is 10.00 Å². The first-order valence-corrected chi connectivity index (χ1v) is 11.6. The van der Waals surface area contributed by atoms with Gasteiger partial charge >= 0.3 is 0 Å². The third-order valence-corrected chi connectivity index (χ3v) is 6.98. The minimum atomic E-state index is -3.10. The Bertz CT molecular complexity index is 1280. The molecule has 1 saturated heterocycles. The average molecular weight is 410 g/mol. The Labute approximate surface area is 169 Å². The van der Waals surface area contributed by atoms with Crippen molar-refractivity contribution in [3.8, 4) is 11.4 Å². The number of rotatable bonds is 4. The van der Waals surface area contributed by atoms with Crippen molar-refractivity contribution in [1.29, 1.82) is 0 Å². The van der Waals surface area contributed by atoms with Crippen LogP contribution in [0.15, 0.2) is 48.5 Å². The van der Waals surface area contributed by atoms with Gasteiger partial charge in [0.2, 0.25) is 10.0 Å². The predicted octanol–water partition coefficient (Wildman–Crippen LogP) is 2.79. The van der Waals surface area contributed by atoms with Crippen molar-refractivity contribution in [2.24, 2.45) is 0 Å². The summed E-state index contributed by atoms with van der Waals surface area (Å²) in [4.78, 5) is 5.82. The highest BCUT2D eigenvalue weighted by molar-refractivity contribution is 7.88. The lowest BCUT2D eigenvalue weighted by atomic mass is 10.1. The third kappa shape index (κ3) is 3.43. The van der Waals surface area contributed by atoms with Crippen LogP contribution in [0.2, 0.25) is 0 Å². The van der Waals surface area contributed by atoms with E-state index in [0.29, 0.717) is 13.1 Å². The van der Waals surface area contributed by atoms with Crippen LogP contribution in [0.5, 0.6) is 0 Å². The molecule has 0 radical (unpaired) electrons. The lowest BCUT2D eigenvalue weighted by Crippen LogP contribution is -2.47. The molecule has 4 aromatic rings.